The van der Waals surface area contributed by atoms with Crippen LogP contribution in [0.15, 0.2) is 0 Å². The molecule has 0 rings (SSSR count). The van der Waals surface area contributed by atoms with Crippen LogP contribution in [0.5, 0.6) is 0 Å². The summed E-state index contributed by atoms with van der Waals surface area (Å²) in [5.41, 5.74) is 0. The number of carbonyl (C=O) groups excluding carboxylic acids is 2. The third-order valence-electron chi connectivity index (χ3n) is 8.67. The standard InChI is InChI=1S/2C16H36N.C4H6O6.7H2O/c2*1-5-9-13-17(14-10-6-2,15-11-7-3)16-12-8-4;5-1(3(7)8)2(6)4(9)10;;;;;;;/h2*5-16H2,1-4H3;1-2,5-6H,(H,7,8)(H,9,10);7*1H2/q2*+1;;;;;;;;/p-2/t;;1-,2-;;;;;;;/m..1......./s1. The fourth-order valence-corrected chi connectivity index (χ4v) is 5.55. The molecule has 15 heteroatoms. The molecule has 0 fully saturated rings. The number of carbonyl (C=O) groups is 2. The van der Waals surface area contributed by atoms with Crippen molar-refractivity contribution >= 4 is 11.9 Å². The summed E-state index contributed by atoms with van der Waals surface area (Å²) >= 11 is 0. The Balaban J connectivity index is -0.0000000595. The van der Waals surface area contributed by atoms with Crippen LogP contribution in [0.1, 0.15) is 158 Å². The topological polar surface area (TPSA) is 341 Å². The second-order valence-electron chi connectivity index (χ2n) is 12.8. The van der Waals surface area contributed by atoms with Crippen LogP contribution in [-0.2, 0) is 9.59 Å². The lowest BCUT2D eigenvalue weighted by Crippen LogP contribution is -2.51. The molecule has 2 atom stereocenters. The largest absolute Gasteiger partial charge is 0.547 e. The molecule has 51 heavy (non-hydrogen) atoms. The molecule has 16 N–H and O–H groups in total. The lowest BCUT2D eigenvalue weighted by molar-refractivity contribution is -0.929. The molecule has 322 valence electrons. The van der Waals surface area contributed by atoms with Crippen molar-refractivity contribution in [2.24, 2.45) is 0 Å². The molecule has 0 bridgehead atoms. The minimum absolute atomic E-state index is 0. The van der Waals surface area contributed by atoms with E-state index in [1.165, 1.54) is 164 Å². The fourth-order valence-electron chi connectivity index (χ4n) is 5.55. The lowest BCUT2D eigenvalue weighted by atomic mass is 10.1. The van der Waals surface area contributed by atoms with Crippen molar-refractivity contribution in [3.05, 3.63) is 0 Å². The molecule has 0 saturated carbocycles. The van der Waals surface area contributed by atoms with Gasteiger partial charge < -0.3 is 77.3 Å². The summed E-state index contributed by atoms with van der Waals surface area (Å²) in [6.07, 6.45) is 17.2. The second kappa shape index (κ2) is 50.6. The maximum atomic E-state index is 9.63. The molecule has 0 saturated heterocycles. The number of aliphatic hydroxyl groups is 2. The SMILES string of the molecule is CCCC[N+](CCCC)(CCCC)CCCC.CCCC[N+](CCCC)(CCCC)CCCC.O.O.O.O.O.O.O.O=C([O-])[C@H](O)[C@@H](O)C(=O)[O-]. The van der Waals surface area contributed by atoms with Gasteiger partial charge in [-0.25, -0.2) is 0 Å². The van der Waals surface area contributed by atoms with Crippen LogP contribution in [0.25, 0.3) is 0 Å². The third-order valence-corrected chi connectivity index (χ3v) is 8.67. The number of nitrogens with zero attached hydrogens (tertiary/aromatic N) is 2. The van der Waals surface area contributed by atoms with E-state index in [1.807, 2.05) is 0 Å². The number of aliphatic carboxylic acids is 2. The molecule has 0 aliphatic heterocycles. The highest BCUT2D eigenvalue weighted by atomic mass is 16.4. The number of carboxylic acid groups (broad SMARTS) is 2. The summed E-state index contributed by atoms with van der Waals surface area (Å²) in [5.74, 6) is -4.12. The fraction of sp³-hybridized carbons (Fsp3) is 0.944. The quantitative estimate of drug-likeness (QED) is 0.103. The highest BCUT2D eigenvalue weighted by molar-refractivity contribution is 5.80. The highest BCUT2D eigenvalue weighted by Gasteiger charge is 2.25. The highest BCUT2D eigenvalue weighted by Crippen LogP contribution is 2.17. The average Bonchev–Trinajstić information content (AvgIpc) is 3.03. The number of hydrogen-bond acceptors (Lipinski definition) is 6. The van der Waals surface area contributed by atoms with E-state index in [2.05, 4.69) is 55.4 Å². The number of rotatable bonds is 27. The predicted molar refractivity (Wildman–Crippen MR) is 206 cm³/mol. The van der Waals surface area contributed by atoms with E-state index >= 15 is 0 Å². The third kappa shape index (κ3) is 41.1. The first-order valence-corrected chi connectivity index (χ1v) is 18.4. The minimum Gasteiger partial charge on any atom is -0.547 e. The predicted octanol–water partition coefficient (Wildman–Crippen LogP) is -0.558. The van der Waals surface area contributed by atoms with Crippen molar-refractivity contribution < 1.29 is 77.3 Å². The first-order valence-electron chi connectivity index (χ1n) is 18.4. The van der Waals surface area contributed by atoms with Crippen molar-refractivity contribution in [3.63, 3.8) is 0 Å². The van der Waals surface area contributed by atoms with Crippen molar-refractivity contribution in [1.29, 1.82) is 0 Å². The van der Waals surface area contributed by atoms with Gasteiger partial charge in [0.2, 0.25) is 0 Å². The van der Waals surface area contributed by atoms with Crippen LogP contribution in [0, 0.1) is 0 Å². The number of quaternary nitrogens is 2. The van der Waals surface area contributed by atoms with Gasteiger partial charge in [-0.15, -0.1) is 0 Å². The Hall–Kier alpha value is -1.50. The molecule has 0 radical (unpaired) electrons. The van der Waals surface area contributed by atoms with Crippen LogP contribution in [-0.4, -0.2) is 134 Å². The average molecular weight is 759 g/mol. The van der Waals surface area contributed by atoms with Crippen LogP contribution in [0.4, 0.5) is 0 Å². The van der Waals surface area contributed by atoms with Crippen molar-refractivity contribution in [3.8, 4) is 0 Å². The van der Waals surface area contributed by atoms with Crippen LogP contribution >= 0.6 is 0 Å². The molecular weight excluding hydrogens is 668 g/mol. The van der Waals surface area contributed by atoms with Gasteiger partial charge >= 0.3 is 0 Å². The Kier molecular flexibility index (Phi) is 74.1. The van der Waals surface area contributed by atoms with Crippen molar-refractivity contribution in [2.75, 3.05) is 52.4 Å². The van der Waals surface area contributed by atoms with Gasteiger partial charge in [-0.2, -0.15) is 0 Å². The molecule has 0 aliphatic carbocycles. The van der Waals surface area contributed by atoms with Gasteiger partial charge in [0.1, 0.15) is 12.2 Å². The summed E-state index contributed by atoms with van der Waals surface area (Å²) in [4.78, 5) is 19.3. The van der Waals surface area contributed by atoms with Gasteiger partial charge in [0.05, 0.1) is 64.3 Å². The van der Waals surface area contributed by atoms with Gasteiger partial charge in [0.25, 0.3) is 0 Å². The zero-order valence-corrected chi connectivity index (χ0v) is 34.0. The maximum Gasteiger partial charge on any atom is 0.124 e. The smallest absolute Gasteiger partial charge is 0.124 e. The number of hydrogen-bond donors (Lipinski definition) is 2. The van der Waals surface area contributed by atoms with Crippen molar-refractivity contribution in [1.82, 2.24) is 0 Å². The van der Waals surface area contributed by atoms with Gasteiger partial charge in [0, 0.05) is 0 Å². The van der Waals surface area contributed by atoms with Gasteiger partial charge in [-0.3, -0.25) is 0 Å². The molecule has 0 aromatic rings. The minimum atomic E-state index is -2.44. The zero-order chi connectivity index (χ0) is 34.3. The Morgan fingerprint density at radius 2 is 0.490 bits per heavy atom. The van der Waals surface area contributed by atoms with Crippen molar-refractivity contribution in [2.45, 2.75) is 170 Å². The summed E-state index contributed by atoms with van der Waals surface area (Å²) in [5, 5.41) is 35.7. The van der Waals surface area contributed by atoms with Crippen LogP contribution in [0.2, 0.25) is 0 Å². The molecule has 0 aliphatic rings. The van der Waals surface area contributed by atoms with E-state index in [4.69, 9.17) is 10.2 Å². The first kappa shape index (κ1) is 74.6. The van der Waals surface area contributed by atoms with E-state index in [1.54, 1.807) is 0 Å². The Morgan fingerprint density at radius 3 is 0.569 bits per heavy atom. The summed E-state index contributed by atoms with van der Waals surface area (Å²) in [6.45, 7) is 30.0. The van der Waals surface area contributed by atoms with E-state index in [9.17, 15) is 19.8 Å². The second-order valence-corrected chi connectivity index (χ2v) is 12.8. The molecule has 0 spiro atoms. The Labute approximate surface area is 311 Å². The normalized spacial score (nSPS) is 11.1. The Morgan fingerprint density at radius 1 is 0.373 bits per heavy atom. The van der Waals surface area contributed by atoms with Crippen LogP contribution in [0.3, 0.4) is 0 Å². The van der Waals surface area contributed by atoms with E-state index < -0.39 is 24.1 Å². The summed E-state index contributed by atoms with van der Waals surface area (Å²) in [6, 6.07) is 0. The molecule has 0 aromatic carbocycles. The van der Waals surface area contributed by atoms with Gasteiger partial charge in [-0.05, 0) is 51.4 Å². The maximum absolute atomic E-state index is 9.63. The molecular formula is C36H90N2O13. The number of carboxylic acids is 2. The lowest BCUT2D eigenvalue weighted by Gasteiger charge is -2.39. The Bertz CT molecular complexity index is 534. The molecule has 0 unspecified atom stereocenters. The summed E-state index contributed by atoms with van der Waals surface area (Å²) in [7, 11) is 0. The molecule has 0 aromatic heterocycles. The number of unbranched alkanes of at least 4 members (excludes halogenated alkanes) is 8. The van der Waals surface area contributed by atoms with E-state index in [-0.39, 0.29) is 38.3 Å². The monoisotopic (exact) mass is 759 g/mol. The van der Waals surface area contributed by atoms with Crippen LogP contribution < -0.4 is 10.2 Å². The van der Waals surface area contributed by atoms with E-state index in [0.29, 0.717) is 0 Å². The number of aliphatic hydroxyl groups excluding tert-OH is 2. The summed E-state index contributed by atoms with van der Waals surface area (Å²) < 4.78 is 2.84. The molecule has 0 amide bonds. The van der Waals surface area contributed by atoms with Gasteiger partial charge in [0.15, 0.2) is 0 Å². The first-order chi connectivity index (χ1) is 20.9. The van der Waals surface area contributed by atoms with E-state index in [0.717, 1.165) is 0 Å². The molecule has 15 nitrogen and oxygen atoms in total. The molecule has 0 heterocycles. The van der Waals surface area contributed by atoms with Gasteiger partial charge in [-0.1, -0.05) is 107 Å². The zero-order valence-electron chi connectivity index (χ0n) is 34.0.